The van der Waals surface area contributed by atoms with E-state index in [-0.39, 0.29) is 5.54 Å². The van der Waals surface area contributed by atoms with Crippen LogP contribution >= 0.6 is 0 Å². The van der Waals surface area contributed by atoms with Crippen molar-refractivity contribution >= 4 is 0 Å². The van der Waals surface area contributed by atoms with E-state index in [2.05, 4.69) is 37.6 Å². The molecule has 2 heterocycles. The highest BCUT2D eigenvalue weighted by molar-refractivity contribution is 5.00. The first kappa shape index (κ1) is 15.2. The highest BCUT2D eigenvalue weighted by Crippen LogP contribution is 2.35. The summed E-state index contributed by atoms with van der Waals surface area (Å²) in [5.74, 6) is 0. The summed E-state index contributed by atoms with van der Waals surface area (Å²) in [7, 11) is 2.23. The summed E-state index contributed by atoms with van der Waals surface area (Å²) in [4.78, 5) is 5.13. The van der Waals surface area contributed by atoms with E-state index >= 15 is 0 Å². The Balaban J connectivity index is 2.19. The molecule has 0 saturated carbocycles. The van der Waals surface area contributed by atoms with Gasteiger partial charge in [-0.1, -0.05) is 0 Å². The molecule has 3 unspecified atom stereocenters. The molecule has 0 aromatic heterocycles. The second kappa shape index (κ2) is 6.08. The Morgan fingerprint density at radius 2 is 1.79 bits per heavy atom. The van der Waals surface area contributed by atoms with E-state index in [0.717, 1.165) is 25.9 Å². The van der Waals surface area contributed by atoms with Gasteiger partial charge in [-0.05, 0) is 53.6 Å². The monoisotopic (exact) mass is 269 g/mol. The normalized spacial score (nSPS) is 43.1. The molecule has 3 atom stereocenters. The largest absolute Gasteiger partial charge is 0.375 e. The molecule has 2 aliphatic heterocycles. The molecule has 19 heavy (non-hydrogen) atoms. The molecule has 0 aromatic carbocycles. The lowest BCUT2D eigenvalue weighted by Crippen LogP contribution is -2.62. The molecule has 4 nitrogen and oxygen atoms in total. The lowest BCUT2D eigenvalue weighted by Gasteiger charge is -2.51. The highest BCUT2D eigenvalue weighted by atomic mass is 16.5. The predicted molar refractivity (Wildman–Crippen MR) is 79.3 cm³/mol. The predicted octanol–water partition coefficient (Wildman–Crippen LogP) is 1.30. The minimum atomic E-state index is 0.141. The maximum atomic E-state index is 6.23. The van der Waals surface area contributed by atoms with E-state index in [9.17, 15) is 0 Å². The fourth-order valence-electron chi connectivity index (χ4n) is 4.24. The molecule has 4 heteroatoms. The summed E-state index contributed by atoms with van der Waals surface area (Å²) >= 11 is 0. The zero-order valence-electron chi connectivity index (χ0n) is 13.1. The molecule has 0 aromatic rings. The summed E-state index contributed by atoms with van der Waals surface area (Å²) in [6.07, 6.45) is 4.02. The van der Waals surface area contributed by atoms with E-state index in [1.54, 1.807) is 0 Å². The molecule has 0 aliphatic carbocycles. The van der Waals surface area contributed by atoms with Crippen LogP contribution in [0.15, 0.2) is 0 Å². The second-order valence-corrected chi connectivity index (χ2v) is 6.75. The standard InChI is InChI=1S/C15H31N3O/c1-12-10-17(4)6-5-7-18(12)15(11-16)8-13(2)19-14(3)9-15/h12-14H,5-11,16H2,1-4H3. The van der Waals surface area contributed by atoms with E-state index in [1.807, 2.05) is 0 Å². The molecule has 2 N–H and O–H groups in total. The summed E-state index contributed by atoms with van der Waals surface area (Å²) in [5, 5.41) is 0. The molecule has 0 radical (unpaired) electrons. The Morgan fingerprint density at radius 3 is 2.37 bits per heavy atom. The fourth-order valence-corrected chi connectivity index (χ4v) is 4.24. The topological polar surface area (TPSA) is 41.7 Å². The van der Waals surface area contributed by atoms with Gasteiger partial charge in [-0.25, -0.2) is 0 Å². The first-order valence-corrected chi connectivity index (χ1v) is 7.77. The van der Waals surface area contributed by atoms with Crippen LogP contribution in [-0.4, -0.2) is 66.8 Å². The van der Waals surface area contributed by atoms with Crippen molar-refractivity contribution < 1.29 is 4.74 Å². The first-order chi connectivity index (χ1) is 8.97. The summed E-state index contributed by atoms with van der Waals surface area (Å²) in [5.41, 5.74) is 6.37. The third-order valence-corrected chi connectivity index (χ3v) is 4.84. The van der Waals surface area contributed by atoms with Gasteiger partial charge < -0.3 is 15.4 Å². The van der Waals surface area contributed by atoms with Gasteiger partial charge in [0, 0.05) is 31.2 Å². The number of nitrogens with zero attached hydrogens (tertiary/aromatic N) is 2. The van der Waals surface area contributed by atoms with Gasteiger partial charge in [-0.2, -0.15) is 0 Å². The van der Waals surface area contributed by atoms with Crippen LogP contribution in [-0.2, 0) is 4.74 Å². The van der Waals surface area contributed by atoms with Gasteiger partial charge in [0.25, 0.3) is 0 Å². The minimum absolute atomic E-state index is 0.141. The fraction of sp³-hybridized carbons (Fsp3) is 1.00. The van der Waals surface area contributed by atoms with Gasteiger partial charge in [0.15, 0.2) is 0 Å². The molecule has 2 rings (SSSR count). The summed E-state index contributed by atoms with van der Waals surface area (Å²) < 4.78 is 5.93. The van der Waals surface area contributed by atoms with E-state index < -0.39 is 0 Å². The Morgan fingerprint density at radius 1 is 1.16 bits per heavy atom. The van der Waals surface area contributed by atoms with Crippen molar-refractivity contribution in [1.29, 1.82) is 0 Å². The lowest BCUT2D eigenvalue weighted by molar-refractivity contribution is -0.110. The zero-order chi connectivity index (χ0) is 14.0. The molecule has 2 saturated heterocycles. The van der Waals surface area contributed by atoms with E-state index in [1.165, 1.54) is 19.5 Å². The highest BCUT2D eigenvalue weighted by Gasteiger charge is 2.44. The van der Waals surface area contributed by atoms with E-state index in [0.29, 0.717) is 18.2 Å². The molecule has 2 fully saturated rings. The Labute approximate surface area is 118 Å². The van der Waals surface area contributed by atoms with Gasteiger partial charge in [0.2, 0.25) is 0 Å². The maximum absolute atomic E-state index is 6.23. The van der Waals surface area contributed by atoms with Gasteiger partial charge in [-0.3, -0.25) is 4.90 Å². The molecule has 0 spiro atoms. The number of likely N-dealkylation sites (N-methyl/N-ethyl adjacent to an activating group) is 1. The van der Waals surface area contributed by atoms with Crippen LogP contribution in [0.25, 0.3) is 0 Å². The van der Waals surface area contributed by atoms with Gasteiger partial charge in [0.1, 0.15) is 0 Å². The van der Waals surface area contributed by atoms with Crippen LogP contribution in [0.5, 0.6) is 0 Å². The van der Waals surface area contributed by atoms with Gasteiger partial charge in [-0.15, -0.1) is 0 Å². The summed E-state index contributed by atoms with van der Waals surface area (Å²) in [6, 6.07) is 0.577. The van der Waals surface area contributed by atoms with Crippen molar-refractivity contribution in [3.63, 3.8) is 0 Å². The van der Waals surface area contributed by atoms with Crippen LogP contribution in [0.1, 0.15) is 40.0 Å². The van der Waals surface area contributed by atoms with Crippen molar-refractivity contribution in [2.45, 2.75) is 63.8 Å². The average molecular weight is 269 g/mol. The third kappa shape index (κ3) is 3.30. The van der Waals surface area contributed by atoms with Crippen LogP contribution in [0.4, 0.5) is 0 Å². The van der Waals surface area contributed by atoms with Crippen molar-refractivity contribution in [3.8, 4) is 0 Å². The number of ether oxygens (including phenoxy) is 1. The third-order valence-electron chi connectivity index (χ3n) is 4.84. The molecular formula is C15H31N3O. The van der Waals surface area contributed by atoms with E-state index in [4.69, 9.17) is 10.5 Å². The lowest BCUT2D eigenvalue weighted by atomic mass is 9.81. The summed E-state index contributed by atoms with van der Waals surface area (Å²) in [6.45, 7) is 11.0. The number of rotatable bonds is 2. The SMILES string of the molecule is CC1CC(CN)(N2CCCN(C)CC2C)CC(C)O1. The van der Waals surface area contributed by atoms with Crippen LogP contribution < -0.4 is 5.73 Å². The van der Waals surface area contributed by atoms with Crippen LogP contribution in [0.2, 0.25) is 0 Å². The molecular weight excluding hydrogens is 238 g/mol. The van der Waals surface area contributed by atoms with Crippen molar-refractivity contribution in [2.24, 2.45) is 5.73 Å². The van der Waals surface area contributed by atoms with Gasteiger partial charge >= 0.3 is 0 Å². The first-order valence-electron chi connectivity index (χ1n) is 7.77. The van der Waals surface area contributed by atoms with Crippen molar-refractivity contribution in [3.05, 3.63) is 0 Å². The van der Waals surface area contributed by atoms with Crippen LogP contribution in [0, 0.1) is 0 Å². The minimum Gasteiger partial charge on any atom is -0.375 e. The van der Waals surface area contributed by atoms with Crippen molar-refractivity contribution in [2.75, 3.05) is 33.2 Å². The van der Waals surface area contributed by atoms with Gasteiger partial charge in [0.05, 0.1) is 12.2 Å². The Hall–Kier alpha value is -0.160. The number of hydrogen-bond donors (Lipinski definition) is 1. The van der Waals surface area contributed by atoms with Crippen molar-refractivity contribution in [1.82, 2.24) is 9.80 Å². The molecule has 112 valence electrons. The Bertz CT molecular complexity index is 287. The van der Waals surface area contributed by atoms with Crippen LogP contribution in [0.3, 0.4) is 0 Å². The maximum Gasteiger partial charge on any atom is 0.0568 e. The quantitative estimate of drug-likeness (QED) is 0.820. The second-order valence-electron chi connectivity index (χ2n) is 6.75. The molecule has 2 aliphatic rings. The average Bonchev–Trinajstić information content (AvgIpc) is 2.48. The number of hydrogen-bond acceptors (Lipinski definition) is 4. The smallest absolute Gasteiger partial charge is 0.0568 e. The number of nitrogens with two attached hydrogens (primary N) is 1. The molecule has 0 amide bonds. The Kier molecular flexibility index (Phi) is 4.88. The zero-order valence-corrected chi connectivity index (χ0v) is 13.1. The molecule has 0 bridgehead atoms.